The fraction of sp³-hybridized carbons (Fsp3) is 0.231. The number of rotatable bonds is 4. The van der Waals surface area contributed by atoms with E-state index in [4.69, 9.17) is 5.11 Å². The molecule has 0 saturated heterocycles. The van der Waals surface area contributed by atoms with Crippen LogP contribution < -0.4 is 5.32 Å². The van der Waals surface area contributed by atoms with Crippen molar-refractivity contribution in [2.75, 3.05) is 6.54 Å². The molecule has 0 spiro atoms. The summed E-state index contributed by atoms with van der Waals surface area (Å²) in [4.78, 5) is 25.3. The maximum atomic E-state index is 11.8. The number of phenolic OH excluding ortho intramolecular Hbond substituents is 1. The van der Waals surface area contributed by atoms with Crippen LogP contribution in [0.2, 0.25) is 0 Å². The maximum absolute atomic E-state index is 11.8. The van der Waals surface area contributed by atoms with Gasteiger partial charge < -0.3 is 20.5 Å². The molecule has 1 atom stereocenters. The van der Waals surface area contributed by atoms with Crippen molar-refractivity contribution in [2.45, 2.75) is 6.92 Å². The van der Waals surface area contributed by atoms with E-state index in [1.165, 1.54) is 19.1 Å². The highest BCUT2D eigenvalue weighted by atomic mass is 16.4. The molecule has 0 bridgehead atoms. The first-order valence-electron chi connectivity index (χ1n) is 5.80. The van der Waals surface area contributed by atoms with Crippen molar-refractivity contribution in [3.05, 3.63) is 30.0 Å². The van der Waals surface area contributed by atoms with Crippen LogP contribution in [0.1, 0.15) is 17.4 Å². The van der Waals surface area contributed by atoms with Crippen molar-refractivity contribution in [3.8, 4) is 5.75 Å². The molecule has 4 N–H and O–H groups in total. The molecule has 6 heteroatoms. The van der Waals surface area contributed by atoms with Gasteiger partial charge in [0.2, 0.25) is 0 Å². The average molecular weight is 262 g/mol. The Morgan fingerprint density at radius 2 is 2.16 bits per heavy atom. The van der Waals surface area contributed by atoms with Crippen LogP contribution in [0, 0.1) is 5.92 Å². The molecule has 100 valence electrons. The van der Waals surface area contributed by atoms with E-state index in [-0.39, 0.29) is 18.0 Å². The highest BCUT2D eigenvalue weighted by Crippen LogP contribution is 2.24. The fourth-order valence-corrected chi connectivity index (χ4v) is 1.69. The lowest BCUT2D eigenvalue weighted by atomic mass is 10.2. The van der Waals surface area contributed by atoms with Crippen LogP contribution in [0.25, 0.3) is 10.9 Å². The number of carbonyl (C=O) groups is 2. The summed E-state index contributed by atoms with van der Waals surface area (Å²) >= 11 is 0. The van der Waals surface area contributed by atoms with Gasteiger partial charge in [0.05, 0.1) is 5.92 Å². The summed E-state index contributed by atoms with van der Waals surface area (Å²) in [5, 5.41) is 21.4. The predicted molar refractivity (Wildman–Crippen MR) is 69.1 cm³/mol. The van der Waals surface area contributed by atoms with Crippen LogP contribution in [-0.4, -0.2) is 33.6 Å². The van der Waals surface area contributed by atoms with E-state index in [2.05, 4.69) is 10.3 Å². The molecule has 2 aromatic rings. The van der Waals surface area contributed by atoms with Gasteiger partial charge in [0, 0.05) is 17.4 Å². The number of hydrogen-bond acceptors (Lipinski definition) is 3. The summed E-state index contributed by atoms with van der Waals surface area (Å²) < 4.78 is 0. The third kappa shape index (κ3) is 2.67. The van der Waals surface area contributed by atoms with E-state index >= 15 is 0 Å². The molecule has 0 radical (unpaired) electrons. The van der Waals surface area contributed by atoms with Crippen molar-refractivity contribution in [1.29, 1.82) is 0 Å². The minimum Gasteiger partial charge on any atom is -0.507 e. The summed E-state index contributed by atoms with van der Waals surface area (Å²) in [6, 6.07) is 6.48. The standard InChI is InChI=1S/C13H14N2O4/c1-7(13(18)19)6-14-12(17)10-5-8-9(15-10)3-2-4-11(8)16/h2-5,7,15-16H,6H2,1H3,(H,14,17)(H,18,19). The van der Waals surface area contributed by atoms with Gasteiger partial charge in [-0.15, -0.1) is 0 Å². The first-order valence-corrected chi connectivity index (χ1v) is 5.80. The number of aromatic amines is 1. The molecule has 1 aromatic heterocycles. The molecule has 0 aliphatic heterocycles. The minimum atomic E-state index is -0.963. The number of amides is 1. The first kappa shape index (κ1) is 12.9. The maximum Gasteiger partial charge on any atom is 0.308 e. The number of carboxylic acid groups (broad SMARTS) is 1. The van der Waals surface area contributed by atoms with Gasteiger partial charge in [0.1, 0.15) is 11.4 Å². The van der Waals surface area contributed by atoms with Gasteiger partial charge >= 0.3 is 5.97 Å². The summed E-state index contributed by atoms with van der Waals surface area (Å²) in [5.74, 6) is -1.92. The molecule has 19 heavy (non-hydrogen) atoms. The molecule has 0 aliphatic carbocycles. The van der Waals surface area contributed by atoms with E-state index in [9.17, 15) is 14.7 Å². The number of carbonyl (C=O) groups excluding carboxylic acids is 1. The number of H-pyrrole nitrogens is 1. The van der Waals surface area contributed by atoms with E-state index in [0.29, 0.717) is 10.9 Å². The Labute approximate surface area is 109 Å². The fourth-order valence-electron chi connectivity index (χ4n) is 1.69. The van der Waals surface area contributed by atoms with Crippen molar-refractivity contribution < 1.29 is 19.8 Å². The molecule has 0 saturated carbocycles. The Morgan fingerprint density at radius 1 is 1.42 bits per heavy atom. The molecular formula is C13H14N2O4. The quantitative estimate of drug-likeness (QED) is 0.667. The average Bonchev–Trinajstić information content (AvgIpc) is 2.80. The third-order valence-corrected chi connectivity index (χ3v) is 2.88. The van der Waals surface area contributed by atoms with E-state index in [1.54, 1.807) is 12.1 Å². The highest BCUT2D eigenvalue weighted by molar-refractivity contribution is 5.99. The smallest absolute Gasteiger partial charge is 0.308 e. The number of phenols is 1. The molecule has 6 nitrogen and oxygen atoms in total. The van der Waals surface area contributed by atoms with Gasteiger partial charge in [-0.25, -0.2) is 0 Å². The van der Waals surface area contributed by atoms with Crippen LogP contribution in [-0.2, 0) is 4.79 Å². The molecule has 2 rings (SSSR count). The monoisotopic (exact) mass is 262 g/mol. The number of aliphatic carboxylic acids is 1. The van der Waals surface area contributed by atoms with Gasteiger partial charge in [0.25, 0.3) is 5.91 Å². The molecule has 1 unspecified atom stereocenters. The number of benzene rings is 1. The summed E-state index contributed by atoms with van der Waals surface area (Å²) in [7, 11) is 0. The molecule has 0 aliphatic rings. The molecule has 1 aromatic carbocycles. The number of fused-ring (bicyclic) bond motifs is 1. The van der Waals surface area contributed by atoms with Crippen molar-refractivity contribution >= 4 is 22.8 Å². The Morgan fingerprint density at radius 3 is 2.79 bits per heavy atom. The van der Waals surface area contributed by atoms with Gasteiger partial charge in [-0.05, 0) is 18.2 Å². The second-order valence-electron chi connectivity index (χ2n) is 4.37. The van der Waals surface area contributed by atoms with Crippen molar-refractivity contribution in [2.24, 2.45) is 5.92 Å². The first-order chi connectivity index (χ1) is 8.99. The van der Waals surface area contributed by atoms with Crippen molar-refractivity contribution in [3.63, 3.8) is 0 Å². The summed E-state index contributed by atoms with van der Waals surface area (Å²) in [5.41, 5.74) is 0.936. The second-order valence-corrected chi connectivity index (χ2v) is 4.37. The Bertz CT molecular complexity index is 633. The van der Waals surface area contributed by atoms with Crippen LogP contribution in [0.5, 0.6) is 5.75 Å². The SMILES string of the molecule is CC(CNC(=O)c1cc2c(O)cccc2[nH]1)C(=O)O. The normalized spacial score (nSPS) is 12.3. The minimum absolute atomic E-state index is 0.0511. The molecule has 0 fully saturated rings. The number of nitrogens with one attached hydrogen (secondary N) is 2. The zero-order valence-corrected chi connectivity index (χ0v) is 10.3. The Hall–Kier alpha value is -2.50. The van der Waals surface area contributed by atoms with Crippen LogP contribution >= 0.6 is 0 Å². The second kappa shape index (κ2) is 5.01. The lowest BCUT2D eigenvalue weighted by molar-refractivity contribution is -0.140. The molecular weight excluding hydrogens is 248 g/mol. The van der Waals surface area contributed by atoms with Gasteiger partial charge in [-0.3, -0.25) is 9.59 Å². The predicted octanol–water partition coefficient (Wildman–Crippen LogP) is 1.32. The molecule has 1 heterocycles. The van der Waals surface area contributed by atoms with E-state index < -0.39 is 17.8 Å². The molecule has 1 amide bonds. The number of hydrogen-bond donors (Lipinski definition) is 4. The van der Waals surface area contributed by atoms with Gasteiger partial charge in [0.15, 0.2) is 0 Å². The highest BCUT2D eigenvalue weighted by Gasteiger charge is 2.15. The lowest BCUT2D eigenvalue weighted by Crippen LogP contribution is -2.31. The number of aromatic hydroxyl groups is 1. The summed E-state index contributed by atoms with van der Waals surface area (Å²) in [6.07, 6.45) is 0. The van der Waals surface area contributed by atoms with Gasteiger partial charge in [-0.2, -0.15) is 0 Å². The zero-order chi connectivity index (χ0) is 14.0. The van der Waals surface area contributed by atoms with Crippen LogP contribution in [0.15, 0.2) is 24.3 Å². The largest absolute Gasteiger partial charge is 0.507 e. The number of aromatic nitrogens is 1. The van der Waals surface area contributed by atoms with E-state index in [0.717, 1.165) is 0 Å². The van der Waals surface area contributed by atoms with Crippen LogP contribution in [0.3, 0.4) is 0 Å². The Kier molecular flexibility index (Phi) is 3.41. The summed E-state index contributed by atoms with van der Waals surface area (Å²) in [6.45, 7) is 1.56. The third-order valence-electron chi connectivity index (χ3n) is 2.88. The number of carboxylic acids is 1. The van der Waals surface area contributed by atoms with Crippen LogP contribution in [0.4, 0.5) is 0 Å². The zero-order valence-electron chi connectivity index (χ0n) is 10.3. The Balaban J connectivity index is 2.14. The van der Waals surface area contributed by atoms with Gasteiger partial charge in [-0.1, -0.05) is 13.0 Å². The van der Waals surface area contributed by atoms with E-state index in [1.807, 2.05) is 0 Å². The van der Waals surface area contributed by atoms with Crippen molar-refractivity contribution in [1.82, 2.24) is 10.3 Å². The topological polar surface area (TPSA) is 102 Å². The lowest BCUT2D eigenvalue weighted by Gasteiger charge is -2.06.